The molecule has 8 bridgehead atoms. The maximum absolute atomic E-state index is 15.8. The van der Waals surface area contributed by atoms with Crippen LogP contribution in [0.2, 0.25) is 0 Å². The van der Waals surface area contributed by atoms with Gasteiger partial charge in [-0.3, -0.25) is 9.36 Å². The second-order valence-corrected chi connectivity index (χ2v) is 13.6. The van der Waals surface area contributed by atoms with Crippen LogP contribution in [0.5, 0.6) is 0 Å². The number of hydrogen-bond acceptors (Lipinski definition) is 6. The fourth-order valence-electron chi connectivity index (χ4n) is 7.60. The Bertz CT molecular complexity index is 1530. The molecule has 0 radical (unpaired) electrons. The van der Waals surface area contributed by atoms with Gasteiger partial charge in [0.05, 0.1) is 10.9 Å². The normalized spacial score (nSPS) is 24.0. The van der Waals surface area contributed by atoms with Crippen LogP contribution in [0.25, 0.3) is 11.0 Å². The number of nitrogens with one attached hydrogen (secondary N) is 1. The van der Waals surface area contributed by atoms with E-state index in [1.165, 1.54) is 18.5 Å². The van der Waals surface area contributed by atoms with E-state index in [9.17, 15) is 4.79 Å². The minimum atomic E-state index is -3.25. The zero-order valence-electron chi connectivity index (χ0n) is 26.7. The molecule has 0 aliphatic carbocycles. The lowest BCUT2D eigenvalue weighted by Gasteiger charge is -2.36. The largest absolute Gasteiger partial charge is 0.365 e. The molecule has 244 valence electrons. The molecule has 2 fully saturated rings. The van der Waals surface area contributed by atoms with Gasteiger partial charge in [-0.1, -0.05) is 37.5 Å². The summed E-state index contributed by atoms with van der Waals surface area (Å²) in [6.45, 7) is 8.97. The van der Waals surface area contributed by atoms with Crippen molar-refractivity contribution in [1.82, 2.24) is 24.3 Å². The van der Waals surface area contributed by atoms with Gasteiger partial charge in [-0.15, -0.1) is 0 Å². The second-order valence-electron chi connectivity index (χ2n) is 13.6. The summed E-state index contributed by atoms with van der Waals surface area (Å²) in [5.41, 5.74) is 0.980. The zero-order valence-corrected chi connectivity index (χ0v) is 26.7. The van der Waals surface area contributed by atoms with Crippen molar-refractivity contribution in [3.8, 4) is 0 Å². The topological polar surface area (TPSA) is 66.3 Å². The molecule has 7 nitrogen and oxygen atoms in total. The van der Waals surface area contributed by atoms with E-state index in [2.05, 4.69) is 38.9 Å². The first-order valence-corrected chi connectivity index (χ1v) is 17.0. The average Bonchev–Trinajstić information content (AvgIpc) is 3.04. The average molecular weight is 625 g/mol. The first-order chi connectivity index (χ1) is 21.7. The smallest absolute Gasteiger partial charge is 0.278 e. The number of rotatable bonds is 2. The highest BCUT2D eigenvalue weighted by Gasteiger charge is 2.44. The van der Waals surface area contributed by atoms with E-state index in [0.717, 1.165) is 70.1 Å². The van der Waals surface area contributed by atoms with Gasteiger partial charge in [0.1, 0.15) is 23.6 Å². The number of piperidine rings is 2. The van der Waals surface area contributed by atoms with Crippen molar-refractivity contribution in [3.05, 3.63) is 63.5 Å². The number of aromatic nitrogens is 3. The van der Waals surface area contributed by atoms with Crippen molar-refractivity contribution in [1.29, 1.82) is 0 Å². The summed E-state index contributed by atoms with van der Waals surface area (Å²) in [6.07, 6.45) is 8.96. The summed E-state index contributed by atoms with van der Waals surface area (Å²) in [6, 6.07) is 6.69. The minimum absolute atomic E-state index is 0.0121. The van der Waals surface area contributed by atoms with Gasteiger partial charge in [-0.25, -0.2) is 23.1 Å². The molecule has 6 heterocycles. The fraction of sp³-hybridized carbons (Fsp3) is 0.629. The van der Waals surface area contributed by atoms with E-state index in [-0.39, 0.29) is 23.6 Å². The Labute approximate surface area is 264 Å². The van der Waals surface area contributed by atoms with Crippen LogP contribution >= 0.6 is 0 Å². The van der Waals surface area contributed by atoms with Gasteiger partial charge in [0.2, 0.25) is 0 Å². The van der Waals surface area contributed by atoms with Crippen LogP contribution < -0.4 is 10.9 Å². The lowest BCUT2D eigenvalue weighted by atomic mass is 9.85. The number of anilines is 1. The summed E-state index contributed by atoms with van der Waals surface area (Å²) in [4.78, 5) is 27.8. The molecular weight excluding hydrogens is 577 g/mol. The Morgan fingerprint density at radius 1 is 0.911 bits per heavy atom. The number of pyridine rings is 1. The van der Waals surface area contributed by atoms with E-state index in [1.54, 1.807) is 10.6 Å². The number of fused-ring (bicyclic) bond motifs is 9. The highest BCUT2D eigenvalue weighted by atomic mass is 19.3. The maximum Gasteiger partial charge on any atom is 0.278 e. The molecule has 0 amide bonds. The summed E-state index contributed by atoms with van der Waals surface area (Å²) >= 11 is 0. The molecule has 0 saturated carbocycles. The Hall–Kier alpha value is -2.98. The van der Waals surface area contributed by atoms with Crippen LogP contribution in [-0.4, -0.2) is 63.1 Å². The predicted molar refractivity (Wildman–Crippen MR) is 172 cm³/mol. The van der Waals surface area contributed by atoms with Crippen molar-refractivity contribution in [2.75, 3.05) is 38.0 Å². The molecule has 4 aliphatic heterocycles. The SMILES string of the molecule is CC(C)N1CCC(c2cc3c4ncnc3n(c2=O)CCCCCCCN2CCC(CC2)C(F)(F)c2cccc(c2F)CN4)CC1. The highest BCUT2D eigenvalue weighted by Crippen LogP contribution is 2.43. The number of nitrogens with zero attached hydrogens (tertiary/aromatic N) is 5. The fourth-order valence-corrected chi connectivity index (χ4v) is 7.60. The van der Waals surface area contributed by atoms with E-state index in [1.807, 2.05) is 6.07 Å². The first kappa shape index (κ1) is 32.0. The second kappa shape index (κ2) is 13.8. The standard InChI is InChI=1S/C35H47F3N6O/c1-24(2)43-19-11-25(12-20-43)28-21-29-32-39-22-26-9-8-10-30(31(26)36)35(37,38)27-13-17-42(18-14-27)15-6-4-3-5-7-16-44(34(28)45)33(29)41-23-40-32/h8-10,21,23-25,27H,3-7,11-20,22H2,1-2H3,(H,39,40,41). The van der Waals surface area contributed by atoms with Crippen molar-refractivity contribution in [2.24, 2.45) is 5.92 Å². The van der Waals surface area contributed by atoms with Gasteiger partial charge in [0.15, 0.2) is 0 Å². The van der Waals surface area contributed by atoms with Crippen molar-refractivity contribution >= 4 is 16.9 Å². The highest BCUT2D eigenvalue weighted by molar-refractivity contribution is 5.87. The first-order valence-electron chi connectivity index (χ1n) is 17.0. The molecule has 10 heteroatoms. The van der Waals surface area contributed by atoms with Gasteiger partial charge in [-0.2, -0.15) is 0 Å². The number of halogens is 3. The van der Waals surface area contributed by atoms with Crippen LogP contribution in [0.15, 0.2) is 35.4 Å². The Morgan fingerprint density at radius 3 is 2.36 bits per heavy atom. The molecule has 3 aromatic rings. The third-order valence-electron chi connectivity index (χ3n) is 10.5. The molecule has 2 aromatic heterocycles. The zero-order chi connectivity index (χ0) is 31.6. The van der Waals surface area contributed by atoms with E-state index in [4.69, 9.17) is 0 Å². The van der Waals surface area contributed by atoms with Crippen LogP contribution in [0.1, 0.15) is 94.2 Å². The van der Waals surface area contributed by atoms with Crippen LogP contribution in [0.4, 0.5) is 19.0 Å². The summed E-state index contributed by atoms with van der Waals surface area (Å²) < 4.78 is 49.2. The number of hydrogen-bond donors (Lipinski definition) is 1. The number of aryl methyl sites for hydroxylation is 1. The van der Waals surface area contributed by atoms with E-state index >= 15 is 13.2 Å². The Balaban J connectivity index is 1.36. The molecular formula is C35H47F3N6O. The molecule has 45 heavy (non-hydrogen) atoms. The molecule has 2 saturated heterocycles. The van der Waals surface area contributed by atoms with Gasteiger partial charge in [0, 0.05) is 36.2 Å². The molecule has 0 atom stereocenters. The summed E-state index contributed by atoms with van der Waals surface area (Å²) in [5, 5.41) is 3.93. The van der Waals surface area contributed by atoms with Gasteiger partial charge in [-0.05, 0) is 97.1 Å². The van der Waals surface area contributed by atoms with Crippen LogP contribution in [0.3, 0.4) is 0 Å². The third-order valence-corrected chi connectivity index (χ3v) is 10.5. The van der Waals surface area contributed by atoms with Crippen molar-refractivity contribution < 1.29 is 13.2 Å². The summed E-state index contributed by atoms with van der Waals surface area (Å²) in [5.74, 6) is -4.38. The Morgan fingerprint density at radius 2 is 1.62 bits per heavy atom. The molecule has 1 N–H and O–H groups in total. The van der Waals surface area contributed by atoms with E-state index < -0.39 is 23.2 Å². The molecule has 0 spiro atoms. The predicted octanol–water partition coefficient (Wildman–Crippen LogP) is 6.90. The monoisotopic (exact) mass is 624 g/mol. The van der Waals surface area contributed by atoms with E-state index in [0.29, 0.717) is 55.4 Å². The quantitative estimate of drug-likeness (QED) is 0.335. The molecule has 0 unspecified atom stereocenters. The lowest BCUT2D eigenvalue weighted by Crippen LogP contribution is -2.40. The number of benzene rings is 1. The lowest BCUT2D eigenvalue weighted by molar-refractivity contribution is -0.0880. The van der Waals surface area contributed by atoms with Crippen LogP contribution in [-0.2, 0) is 19.0 Å². The maximum atomic E-state index is 15.8. The van der Waals surface area contributed by atoms with Crippen molar-refractivity contribution in [2.45, 2.75) is 103 Å². The number of alkyl halides is 2. The molecule has 7 rings (SSSR count). The number of likely N-dealkylation sites (tertiary alicyclic amines) is 1. The third kappa shape index (κ3) is 6.77. The van der Waals surface area contributed by atoms with Crippen molar-refractivity contribution in [3.63, 3.8) is 0 Å². The van der Waals surface area contributed by atoms with Crippen LogP contribution in [0, 0.1) is 11.7 Å². The minimum Gasteiger partial charge on any atom is -0.365 e. The van der Waals surface area contributed by atoms with Gasteiger partial charge >= 0.3 is 0 Å². The summed E-state index contributed by atoms with van der Waals surface area (Å²) in [7, 11) is 0. The molecule has 4 aliphatic rings. The van der Waals surface area contributed by atoms with Gasteiger partial charge in [0.25, 0.3) is 11.5 Å². The molecule has 1 aromatic carbocycles. The Kier molecular flexibility index (Phi) is 9.80. The van der Waals surface area contributed by atoms with Gasteiger partial charge < -0.3 is 15.1 Å².